The van der Waals surface area contributed by atoms with Gasteiger partial charge in [-0.15, -0.1) is 0 Å². The first-order chi connectivity index (χ1) is 30.0. The minimum Gasteiger partial charge on any atom is -0.462 e. The highest BCUT2D eigenvalue weighted by molar-refractivity contribution is 5.77. The zero-order chi connectivity index (χ0) is 44.5. The molecule has 0 spiro atoms. The van der Waals surface area contributed by atoms with Gasteiger partial charge in [0.1, 0.15) is 6.10 Å². The number of hydrogen-bond donors (Lipinski definition) is 3. The topological polar surface area (TPSA) is 95.9 Å². The summed E-state index contributed by atoms with van der Waals surface area (Å²) in [7, 11) is 0. The lowest BCUT2D eigenvalue weighted by Crippen LogP contribution is -2.46. The predicted molar refractivity (Wildman–Crippen MR) is 264 cm³/mol. The monoisotopic (exact) mass is 858 g/mol. The Hall–Kier alpha value is -1.92. The average Bonchev–Trinajstić information content (AvgIpc) is 3.25. The molecule has 3 atom stereocenters. The third-order valence-corrected chi connectivity index (χ3v) is 12.2. The number of esters is 1. The summed E-state index contributed by atoms with van der Waals surface area (Å²) in [5, 5.41) is 23.8. The van der Waals surface area contributed by atoms with Gasteiger partial charge in [-0.2, -0.15) is 0 Å². The van der Waals surface area contributed by atoms with Crippen LogP contribution in [0.1, 0.15) is 278 Å². The summed E-state index contributed by atoms with van der Waals surface area (Å²) in [6.07, 6.45) is 57.8. The van der Waals surface area contributed by atoms with Crippen molar-refractivity contribution in [1.29, 1.82) is 0 Å². The first-order valence-electron chi connectivity index (χ1n) is 26.7. The van der Waals surface area contributed by atoms with Crippen molar-refractivity contribution in [3.63, 3.8) is 0 Å². The number of hydrogen-bond acceptors (Lipinski definition) is 5. The third-order valence-electron chi connectivity index (χ3n) is 12.2. The molecular formula is C55H103NO5. The van der Waals surface area contributed by atoms with Crippen LogP contribution in [0.15, 0.2) is 36.5 Å². The van der Waals surface area contributed by atoms with E-state index >= 15 is 0 Å². The molecule has 0 aromatic heterocycles. The molecule has 3 unspecified atom stereocenters. The van der Waals surface area contributed by atoms with Crippen molar-refractivity contribution in [3.8, 4) is 0 Å². The van der Waals surface area contributed by atoms with Gasteiger partial charge in [0, 0.05) is 6.42 Å². The summed E-state index contributed by atoms with van der Waals surface area (Å²) in [6.45, 7) is 6.47. The van der Waals surface area contributed by atoms with Crippen LogP contribution in [-0.4, -0.2) is 46.9 Å². The highest BCUT2D eigenvalue weighted by Gasteiger charge is 2.24. The highest BCUT2D eigenvalue weighted by atomic mass is 16.5. The van der Waals surface area contributed by atoms with Crippen molar-refractivity contribution >= 4 is 11.9 Å². The van der Waals surface area contributed by atoms with E-state index in [-0.39, 0.29) is 24.9 Å². The molecule has 0 heterocycles. The first-order valence-corrected chi connectivity index (χ1v) is 26.7. The maximum absolute atomic E-state index is 13.2. The van der Waals surface area contributed by atoms with E-state index in [1.54, 1.807) is 0 Å². The third kappa shape index (κ3) is 44.5. The van der Waals surface area contributed by atoms with E-state index in [1.165, 1.54) is 173 Å². The zero-order valence-corrected chi connectivity index (χ0v) is 40.8. The van der Waals surface area contributed by atoms with Crippen LogP contribution in [0, 0.1) is 0 Å². The number of nitrogens with one attached hydrogen (secondary N) is 1. The van der Waals surface area contributed by atoms with Gasteiger partial charge in [-0.3, -0.25) is 9.59 Å². The normalized spacial score (nSPS) is 13.5. The Morgan fingerprint density at radius 2 is 0.852 bits per heavy atom. The van der Waals surface area contributed by atoms with E-state index in [2.05, 4.69) is 62.5 Å². The standard InChI is InChI=1S/C55H103NO5/c1-4-7-10-13-16-19-22-25-27-30-33-36-39-42-45-48-55(60)61-51(46-43-40-37-34-31-29-26-23-20-17-14-11-8-5-2)49-54(59)56-52(50-57)53(58)47-44-41-38-35-32-28-24-21-18-15-12-9-6-3/h19,22,29,31,34,37,51-53,57-58H,4-18,20-21,23-28,30,32-33,35-36,38-50H2,1-3H3,(H,56,59)/b22-19-,31-29+,37-34+. The fourth-order valence-electron chi connectivity index (χ4n) is 8.13. The van der Waals surface area contributed by atoms with Crippen LogP contribution < -0.4 is 5.32 Å². The van der Waals surface area contributed by atoms with E-state index in [0.29, 0.717) is 19.3 Å². The molecule has 0 aromatic rings. The Bertz CT molecular complexity index is 1010. The van der Waals surface area contributed by atoms with Crippen LogP contribution in [0.25, 0.3) is 0 Å². The Labute approximate surface area is 379 Å². The van der Waals surface area contributed by atoms with Gasteiger partial charge in [-0.1, -0.05) is 231 Å². The van der Waals surface area contributed by atoms with Gasteiger partial charge >= 0.3 is 5.97 Å². The van der Waals surface area contributed by atoms with Gasteiger partial charge in [-0.05, 0) is 70.6 Å². The number of amides is 1. The van der Waals surface area contributed by atoms with Gasteiger partial charge in [-0.25, -0.2) is 0 Å². The molecule has 0 radical (unpaired) electrons. The molecular weight excluding hydrogens is 755 g/mol. The number of ether oxygens (including phenoxy) is 1. The molecule has 0 fully saturated rings. The van der Waals surface area contributed by atoms with Crippen LogP contribution in [0.3, 0.4) is 0 Å². The molecule has 0 aliphatic heterocycles. The predicted octanol–water partition coefficient (Wildman–Crippen LogP) is 16.1. The fourth-order valence-corrected chi connectivity index (χ4v) is 8.13. The van der Waals surface area contributed by atoms with Gasteiger partial charge in [0.2, 0.25) is 5.91 Å². The quantitative estimate of drug-likeness (QED) is 0.0245. The summed E-state index contributed by atoms with van der Waals surface area (Å²) in [5.41, 5.74) is 0. The van der Waals surface area contributed by atoms with Crippen LogP contribution in [0.5, 0.6) is 0 Å². The summed E-state index contributed by atoms with van der Waals surface area (Å²) < 4.78 is 5.91. The highest BCUT2D eigenvalue weighted by Crippen LogP contribution is 2.17. The maximum atomic E-state index is 13.2. The van der Waals surface area contributed by atoms with Crippen LogP contribution in [-0.2, 0) is 14.3 Å². The Kier molecular flexibility index (Phi) is 47.6. The van der Waals surface area contributed by atoms with Crippen molar-refractivity contribution in [2.24, 2.45) is 0 Å². The molecule has 0 aromatic carbocycles. The number of rotatable bonds is 48. The van der Waals surface area contributed by atoms with Crippen molar-refractivity contribution in [2.75, 3.05) is 6.61 Å². The molecule has 6 heteroatoms. The summed E-state index contributed by atoms with van der Waals surface area (Å²) in [5.74, 6) is -0.517. The Balaban J connectivity index is 4.62. The molecule has 0 saturated heterocycles. The van der Waals surface area contributed by atoms with E-state index in [9.17, 15) is 19.8 Å². The van der Waals surface area contributed by atoms with Crippen molar-refractivity contribution in [1.82, 2.24) is 5.32 Å². The SMILES string of the molecule is CCCCCC/C=C\CCCCCCCCCC(=O)OC(CCC/C=C/C=C/CCCCCCCCC)CC(=O)NC(CO)C(O)CCCCCCCCCCCCCCC. The maximum Gasteiger partial charge on any atom is 0.306 e. The molecule has 0 saturated carbocycles. The second-order valence-corrected chi connectivity index (χ2v) is 18.3. The van der Waals surface area contributed by atoms with Crippen molar-refractivity contribution in [2.45, 2.75) is 296 Å². The molecule has 3 N–H and O–H groups in total. The van der Waals surface area contributed by atoms with E-state index in [0.717, 1.165) is 57.8 Å². The van der Waals surface area contributed by atoms with E-state index in [1.807, 2.05) is 0 Å². The lowest BCUT2D eigenvalue weighted by Gasteiger charge is -2.24. The minimum absolute atomic E-state index is 0.0454. The van der Waals surface area contributed by atoms with Gasteiger partial charge < -0.3 is 20.3 Å². The minimum atomic E-state index is -0.798. The second-order valence-electron chi connectivity index (χ2n) is 18.3. The zero-order valence-electron chi connectivity index (χ0n) is 40.8. The number of carbonyl (C=O) groups is 2. The van der Waals surface area contributed by atoms with E-state index in [4.69, 9.17) is 4.74 Å². The second kappa shape index (κ2) is 49.1. The molecule has 0 aliphatic carbocycles. The molecule has 61 heavy (non-hydrogen) atoms. The summed E-state index contributed by atoms with van der Waals surface area (Å²) in [6, 6.07) is -0.714. The number of aliphatic hydroxyl groups is 2. The smallest absolute Gasteiger partial charge is 0.306 e. The fraction of sp³-hybridized carbons (Fsp3) is 0.855. The number of carbonyl (C=O) groups excluding carboxylic acids is 2. The summed E-state index contributed by atoms with van der Waals surface area (Å²) >= 11 is 0. The van der Waals surface area contributed by atoms with Crippen LogP contribution >= 0.6 is 0 Å². The van der Waals surface area contributed by atoms with Crippen LogP contribution in [0.2, 0.25) is 0 Å². The number of aliphatic hydroxyl groups excluding tert-OH is 2. The molecule has 0 bridgehead atoms. The van der Waals surface area contributed by atoms with Gasteiger partial charge in [0.15, 0.2) is 0 Å². The molecule has 0 rings (SSSR count). The average molecular weight is 858 g/mol. The van der Waals surface area contributed by atoms with Gasteiger partial charge in [0.05, 0.1) is 25.2 Å². The lowest BCUT2D eigenvalue weighted by atomic mass is 10.0. The van der Waals surface area contributed by atoms with E-state index < -0.39 is 18.2 Å². The van der Waals surface area contributed by atoms with Crippen molar-refractivity contribution in [3.05, 3.63) is 36.5 Å². The molecule has 6 nitrogen and oxygen atoms in total. The Morgan fingerprint density at radius 3 is 1.31 bits per heavy atom. The lowest BCUT2D eigenvalue weighted by molar-refractivity contribution is -0.151. The summed E-state index contributed by atoms with van der Waals surface area (Å²) in [4.78, 5) is 26.1. The number of unbranched alkanes of at least 4 members (excludes halogenated alkanes) is 31. The number of allylic oxidation sites excluding steroid dienone is 6. The molecule has 1 amide bonds. The largest absolute Gasteiger partial charge is 0.462 e. The molecule has 0 aliphatic rings. The first kappa shape index (κ1) is 59.1. The van der Waals surface area contributed by atoms with Crippen molar-refractivity contribution < 1.29 is 24.5 Å². The molecule has 358 valence electrons. The van der Waals surface area contributed by atoms with Crippen LogP contribution in [0.4, 0.5) is 0 Å². The van der Waals surface area contributed by atoms with Gasteiger partial charge in [0.25, 0.3) is 0 Å². The Morgan fingerprint density at radius 1 is 0.475 bits per heavy atom.